The topological polar surface area (TPSA) is 93.5 Å². The van der Waals surface area contributed by atoms with Crippen LogP contribution in [0, 0.1) is 0 Å². The minimum atomic E-state index is -0.354. The molecule has 0 atom stereocenters. The van der Waals surface area contributed by atoms with E-state index in [4.69, 9.17) is 10.5 Å². The first-order chi connectivity index (χ1) is 9.80. The fourth-order valence-corrected chi connectivity index (χ4v) is 1.62. The summed E-state index contributed by atoms with van der Waals surface area (Å²) in [5, 5.41) is 5.46. The number of carbonyl (C=O) groups excluding carboxylic acids is 2. The zero-order valence-electron chi connectivity index (χ0n) is 12.7. The highest BCUT2D eigenvalue weighted by Crippen LogP contribution is 2.15. The summed E-state index contributed by atoms with van der Waals surface area (Å²) >= 11 is 0. The van der Waals surface area contributed by atoms with Crippen LogP contribution in [0.1, 0.15) is 26.7 Å². The van der Waals surface area contributed by atoms with Crippen LogP contribution in [-0.4, -0.2) is 31.1 Å². The summed E-state index contributed by atoms with van der Waals surface area (Å²) in [4.78, 5) is 23.1. The Morgan fingerprint density at radius 2 is 1.57 bits per heavy atom. The van der Waals surface area contributed by atoms with Crippen LogP contribution in [-0.2, 0) is 14.3 Å². The van der Waals surface area contributed by atoms with Crippen LogP contribution in [0.3, 0.4) is 0 Å². The van der Waals surface area contributed by atoms with Gasteiger partial charge in [0, 0.05) is 30.4 Å². The molecule has 1 aromatic rings. The van der Waals surface area contributed by atoms with Crippen molar-refractivity contribution in [2.45, 2.75) is 32.2 Å². The molecular weight excluding hydrogens is 270 g/mol. The zero-order valence-corrected chi connectivity index (χ0v) is 12.7. The summed E-state index contributed by atoms with van der Waals surface area (Å²) < 4.78 is 4.73. The Kier molecular flexibility index (Phi) is 6.33. The highest BCUT2D eigenvalue weighted by atomic mass is 16.5. The highest BCUT2D eigenvalue weighted by Gasteiger charge is 2.13. The molecule has 0 unspecified atom stereocenters. The van der Waals surface area contributed by atoms with E-state index in [0.29, 0.717) is 24.2 Å². The number of ether oxygens (including phenoxy) is 1. The van der Waals surface area contributed by atoms with Crippen molar-refractivity contribution in [1.29, 1.82) is 0 Å². The van der Waals surface area contributed by atoms with Gasteiger partial charge in [0.15, 0.2) is 0 Å². The third-order valence-electron chi connectivity index (χ3n) is 2.72. The standard InChI is InChI=1S/C15H23N3O3/c1-15(2,16)9-8-13(19)17-11-4-6-12(7-5-11)18-14(20)10-21-3/h4-7H,8-10,16H2,1-3H3,(H,17,19)(H,18,20). The van der Waals surface area contributed by atoms with Crippen molar-refractivity contribution >= 4 is 23.2 Å². The maximum Gasteiger partial charge on any atom is 0.250 e. The van der Waals surface area contributed by atoms with Crippen LogP contribution in [0.5, 0.6) is 0 Å². The Bertz CT molecular complexity index is 478. The lowest BCUT2D eigenvalue weighted by molar-refractivity contribution is -0.119. The van der Waals surface area contributed by atoms with Crippen molar-refractivity contribution in [3.8, 4) is 0 Å². The molecule has 21 heavy (non-hydrogen) atoms. The molecule has 0 spiro atoms. The Morgan fingerprint density at radius 3 is 2.00 bits per heavy atom. The highest BCUT2D eigenvalue weighted by molar-refractivity contribution is 5.93. The predicted molar refractivity (Wildman–Crippen MR) is 83.1 cm³/mol. The number of amides is 2. The number of nitrogens with one attached hydrogen (secondary N) is 2. The lowest BCUT2D eigenvalue weighted by Crippen LogP contribution is -2.33. The summed E-state index contributed by atoms with van der Waals surface area (Å²) in [6.45, 7) is 3.78. The van der Waals surface area contributed by atoms with E-state index in [9.17, 15) is 9.59 Å². The van der Waals surface area contributed by atoms with E-state index in [0.717, 1.165) is 0 Å². The first-order valence-electron chi connectivity index (χ1n) is 6.78. The van der Waals surface area contributed by atoms with Gasteiger partial charge in [-0.05, 0) is 44.5 Å². The molecule has 0 saturated heterocycles. The molecule has 1 rings (SSSR count). The van der Waals surface area contributed by atoms with E-state index >= 15 is 0 Å². The molecule has 0 radical (unpaired) electrons. The van der Waals surface area contributed by atoms with Gasteiger partial charge in [-0.15, -0.1) is 0 Å². The maximum absolute atomic E-state index is 11.8. The molecule has 6 heteroatoms. The fraction of sp³-hybridized carbons (Fsp3) is 0.467. The van der Waals surface area contributed by atoms with Crippen LogP contribution >= 0.6 is 0 Å². The molecule has 1 aromatic carbocycles. The van der Waals surface area contributed by atoms with Gasteiger partial charge in [-0.3, -0.25) is 9.59 Å². The number of rotatable bonds is 7. The molecule has 0 aliphatic rings. The molecule has 0 aromatic heterocycles. The van der Waals surface area contributed by atoms with E-state index in [1.807, 2.05) is 13.8 Å². The Hall–Kier alpha value is -1.92. The molecule has 2 amide bonds. The van der Waals surface area contributed by atoms with E-state index in [1.54, 1.807) is 24.3 Å². The first-order valence-corrected chi connectivity index (χ1v) is 6.78. The SMILES string of the molecule is COCC(=O)Nc1ccc(NC(=O)CCC(C)(C)N)cc1. The number of nitrogens with two attached hydrogens (primary N) is 1. The van der Waals surface area contributed by atoms with Crippen LogP contribution in [0.25, 0.3) is 0 Å². The molecule has 0 fully saturated rings. The van der Waals surface area contributed by atoms with Crippen LogP contribution < -0.4 is 16.4 Å². The van der Waals surface area contributed by atoms with Gasteiger partial charge in [0.2, 0.25) is 11.8 Å². The molecule has 0 bridgehead atoms. The summed E-state index contributed by atoms with van der Waals surface area (Å²) in [7, 11) is 1.46. The Balaban J connectivity index is 2.47. The third-order valence-corrected chi connectivity index (χ3v) is 2.72. The lowest BCUT2D eigenvalue weighted by atomic mass is 10.00. The number of methoxy groups -OCH3 is 1. The normalized spacial score (nSPS) is 11.0. The van der Waals surface area contributed by atoms with Crippen LogP contribution in [0.2, 0.25) is 0 Å². The smallest absolute Gasteiger partial charge is 0.250 e. The molecule has 116 valence electrons. The second-order valence-corrected chi connectivity index (χ2v) is 5.60. The molecule has 0 heterocycles. The van der Waals surface area contributed by atoms with Crippen molar-refractivity contribution in [1.82, 2.24) is 0 Å². The van der Waals surface area contributed by atoms with Gasteiger partial charge >= 0.3 is 0 Å². The largest absolute Gasteiger partial charge is 0.375 e. The third kappa shape index (κ3) is 7.43. The van der Waals surface area contributed by atoms with Gasteiger partial charge in [-0.1, -0.05) is 0 Å². The first kappa shape index (κ1) is 17.1. The summed E-state index contributed by atoms with van der Waals surface area (Å²) in [5.74, 6) is -0.302. The van der Waals surface area contributed by atoms with E-state index in [1.165, 1.54) is 7.11 Å². The zero-order chi connectivity index (χ0) is 15.9. The predicted octanol–water partition coefficient (Wildman–Crippen LogP) is 1.73. The van der Waals surface area contributed by atoms with Crippen molar-refractivity contribution in [2.75, 3.05) is 24.4 Å². The summed E-state index contributed by atoms with van der Waals surface area (Å²) in [6.07, 6.45) is 0.986. The van der Waals surface area contributed by atoms with Gasteiger partial charge in [0.25, 0.3) is 0 Å². The second kappa shape index (κ2) is 7.75. The minimum Gasteiger partial charge on any atom is -0.375 e. The fourth-order valence-electron chi connectivity index (χ4n) is 1.62. The number of anilines is 2. The molecule has 0 saturated carbocycles. The lowest BCUT2D eigenvalue weighted by Gasteiger charge is -2.17. The molecular formula is C15H23N3O3. The molecule has 6 nitrogen and oxygen atoms in total. The Morgan fingerprint density at radius 1 is 1.10 bits per heavy atom. The molecule has 4 N–H and O–H groups in total. The van der Waals surface area contributed by atoms with Crippen molar-refractivity contribution in [3.63, 3.8) is 0 Å². The number of hydrogen-bond donors (Lipinski definition) is 3. The number of carbonyl (C=O) groups is 2. The van der Waals surface area contributed by atoms with Crippen LogP contribution in [0.4, 0.5) is 11.4 Å². The van der Waals surface area contributed by atoms with Gasteiger partial charge in [0.05, 0.1) is 0 Å². The minimum absolute atomic E-state index is 0.00730. The van der Waals surface area contributed by atoms with Gasteiger partial charge < -0.3 is 21.1 Å². The quantitative estimate of drug-likeness (QED) is 0.713. The van der Waals surface area contributed by atoms with E-state index in [2.05, 4.69) is 10.6 Å². The second-order valence-electron chi connectivity index (χ2n) is 5.60. The average molecular weight is 293 g/mol. The van der Waals surface area contributed by atoms with Gasteiger partial charge in [-0.2, -0.15) is 0 Å². The maximum atomic E-state index is 11.8. The van der Waals surface area contributed by atoms with Crippen LogP contribution in [0.15, 0.2) is 24.3 Å². The average Bonchev–Trinajstić information content (AvgIpc) is 2.38. The van der Waals surface area contributed by atoms with Crippen molar-refractivity contribution in [2.24, 2.45) is 5.73 Å². The molecule has 0 aliphatic heterocycles. The van der Waals surface area contributed by atoms with Crippen molar-refractivity contribution in [3.05, 3.63) is 24.3 Å². The van der Waals surface area contributed by atoms with E-state index in [-0.39, 0.29) is 24.0 Å². The number of hydrogen-bond acceptors (Lipinski definition) is 4. The summed E-state index contributed by atoms with van der Waals surface area (Å²) in [6, 6.07) is 6.90. The van der Waals surface area contributed by atoms with E-state index < -0.39 is 0 Å². The van der Waals surface area contributed by atoms with Gasteiger partial charge in [-0.25, -0.2) is 0 Å². The molecule has 0 aliphatic carbocycles. The summed E-state index contributed by atoms with van der Waals surface area (Å²) in [5.41, 5.74) is 6.81. The van der Waals surface area contributed by atoms with Crippen molar-refractivity contribution < 1.29 is 14.3 Å². The number of benzene rings is 1. The monoisotopic (exact) mass is 293 g/mol. The Labute approximate surface area is 125 Å². The van der Waals surface area contributed by atoms with Gasteiger partial charge in [0.1, 0.15) is 6.61 Å².